The number of carbonyl (C=O) groups is 1. The Morgan fingerprint density at radius 2 is 1.74 bits per heavy atom. The minimum atomic E-state index is -0.220. The van der Waals surface area contributed by atoms with Gasteiger partial charge in [0.05, 0.1) is 5.69 Å². The van der Waals surface area contributed by atoms with E-state index in [1.807, 2.05) is 18.2 Å². The molecule has 2 nitrogen and oxygen atoms in total. The summed E-state index contributed by atoms with van der Waals surface area (Å²) in [4.78, 5) is 12.2. The second kappa shape index (κ2) is 6.39. The lowest BCUT2D eigenvalue weighted by Gasteiger charge is -2.08. The molecule has 1 N–H and O–H groups in total. The zero-order valence-corrected chi connectivity index (χ0v) is 14.9. The molecule has 19 heavy (non-hydrogen) atoms. The first-order valence-corrected chi connectivity index (χ1v) is 7.94. The molecule has 6 heteroatoms. The van der Waals surface area contributed by atoms with Crippen molar-refractivity contribution < 1.29 is 4.79 Å². The van der Waals surface area contributed by atoms with Crippen LogP contribution in [0.15, 0.2) is 49.8 Å². The highest BCUT2D eigenvalue weighted by atomic mass is 79.9. The molecule has 0 unspecified atom stereocenters. The van der Waals surface area contributed by atoms with Crippen molar-refractivity contribution in [2.45, 2.75) is 0 Å². The molecule has 0 aliphatic carbocycles. The normalized spacial score (nSPS) is 10.3. The summed E-state index contributed by atoms with van der Waals surface area (Å²) in [6, 6.07) is 10.6. The molecule has 0 saturated carbocycles. The maximum Gasteiger partial charge on any atom is 0.255 e. The number of amides is 1. The highest BCUT2D eigenvalue weighted by Gasteiger charge is 2.10. The van der Waals surface area contributed by atoms with Crippen molar-refractivity contribution in [3.63, 3.8) is 0 Å². The largest absolute Gasteiger partial charge is 0.321 e. The Bertz CT molecular complexity index is 626. The van der Waals surface area contributed by atoms with Gasteiger partial charge in [-0.1, -0.05) is 43.5 Å². The van der Waals surface area contributed by atoms with E-state index in [0.29, 0.717) is 16.3 Å². The molecule has 2 aromatic rings. The van der Waals surface area contributed by atoms with E-state index in [0.717, 1.165) is 13.4 Å². The van der Waals surface area contributed by atoms with E-state index in [1.165, 1.54) is 0 Å². The first-order valence-electron chi connectivity index (χ1n) is 5.18. The Balaban J connectivity index is 2.28. The van der Waals surface area contributed by atoms with Crippen molar-refractivity contribution in [3.05, 3.63) is 60.4 Å². The summed E-state index contributed by atoms with van der Waals surface area (Å²) in [5.41, 5.74) is 1.18. The number of anilines is 1. The van der Waals surface area contributed by atoms with Crippen LogP contribution in [0, 0.1) is 0 Å². The van der Waals surface area contributed by atoms with Crippen molar-refractivity contribution in [2.24, 2.45) is 0 Å². The molecule has 0 aromatic heterocycles. The Morgan fingerprint density at radius 3 is 2.42 bits per heavy atom. The molecule has 0 saturated heterocycles. The molecule has 0 aliphatic heterocycles. The topological polar surface area (TPSA) is 29.1 Å². The van der Waals surface area contributed by atoms with Gasteiger partial charge in [0, 0.05) is 24.0 Å². The first kappa shape index (κ1) is 15.0. The average molecular weight is 468 g/mol. The molecule has 0 fully saturated rings. The molecular formula is C13H7Br3ClNO. The molecule has 98 valence electrons. The maximum absolute atomic E-state index is 12.2. The van der Waals surface area contributed by atoms with Gasteiger partial charge in [0.2, 0.25) is 0 Å². The van der Waals surface area contributed by atoms with E-state index in [9.17, 15) is 4.79 Å². The van der Waals surface area contributed by atoms with Crippen LogP contribution in [-0.4, -0.2) is 5.91 Å². The number of hydrogen-bond donors (Lipinski definition) is 1. The predicted octanol–water partition coefficient (Wildman–Crippen LogP) is 5.88. The van der Waals surface area contributed by atoms with Gasteiger partial charge < -0.3 is 5.32 Å². The summed E-state index contributed by atoms with van der Waals surface area (Å²) in [5, 5.41) is 3.33. The molecule has 2 aromatic carbocycles. The lowest BCUT2D eigenvalue weighted by molar-refractivity contribution is 0.102. The van der Waals surface area contributed by atoms with E-state index >= 15 is 0 Å². The molecular weight excluding hydrogens is 461 g/mol. The van der Waals surface area contributed by atoms with Gasteiger partial charge in [-0.3, -0.25) is 4.79 Å². The van der Waals surface area contributed by atoms with Gasteiger partial charge in [-0.05, 0) is 52.3 Å². The molecule has 2 rings (SSSR count). The van der Waals surface area contributed by atoms with Crippen LogP contribution in [0.25, 0.3) is 0 Å². The van der Waals surface area contributed by atoms with Crippen molar-refractivity contribution in [1.29, 1.82) is 0 Å². The van der Waals surface area contributed by atoms with Crippen LogP contribution in [0.3, 0.4) is 0 Å². The predicted molar refractivity (Wildman–Crippen MR) is 88.9 cm³/mol. The lowest BCUT2D eigenvalue weighted by Crippen LogP contribution is -2.12. The summed E-state index contributed by atoms with van der Waals surface area (Å²) in [5.74, 6) is -0.220. The van der Waals surface area contributed by atoms with Crippen molar-refractivity contribution in [3.8, 4) is 0 Å². The Morgan fingerprint density at radius 1 is 1.00 bits per heavy atom. The fraction of sp³-hybridized carbons (Fsp3) is 0. The third kappa shape index (κ3) is 4.05. The number of rotatable bonds is 2. The molecule has 0 radical (unpaired) electrons. The highest BCUT2D eigenvalue weighted by Crippen LogP contribution is 2.27. The van der Waals surface area contributed by atoms with Crippen LogP contribution in [0.2, 0.25) is 5.02 Å². The van der Waals surface area contributed by atoms with E-state index < -0.39 is 0 Å². The summed E-state index contributed by atoms with van der Waals surface area (Å²) in [6.45, 7) is 0. The summed E-state index contributed by atoms with van der Waals surface area (Å²) >= 11 is 16.0. The molecule has 0 aliphatic rings. The van der Waals surface area contributed by atoms with Gasteiger partial charge in [0.15, 0.2) is 0 Å². The van der Waals surface area contributed by atoms with Crippen molar-refractivity contribution in [1.82, 2.24) is 0 Å². The van der Waals surface area contributed by atoms with Crippen LogP contribution in [0.1, 0.15) is 10.4 Å². The van der Waals surface area contributed by atoms with Crippen LogP contribution in [-0.2, 0) is 0 Å². The highest BCUT2D eigenvalue weighted by molar-refractivity contribution is 9.11. The smallest absolute Gasteiger partial charge is 0.255 e. The Kier molecular flexibility index (Phi) is 5.06. The second-order valence-electron chi connectivity index (χ2n) is 3.74. The summed E-state index contributed by atoms with van der Waals surface area (Å²) in [7, 11) is 0. The zero-order valence-electron chi connectivity index (χ0n) is 9.38. The lowest BCUT2D eigenvalue weighted by atomic mass is 10.2. The number of carbonyl (C=O) groups excluding carboxylic acids is 1. The number of halogens is 4. The standard InChI is InChI=1S/C13H7Br3ClNO/c14-8-1-2-11(16)12(6-8)18-13(19)7-3-9(15)5-10(17)4-7/h1-6H,(H,18,19). The minimum absolute atomic E-state index is 0.220. The quantitative estimate of drug-likeness (QED) is 0.586. The summed E-state index contributed by atoms with van der Waals surface area (Å²) in [6.07, 6.45) is 0. The maximum atomic E-state index is 12.2. The molecule has 0 heterocycles. The van der Waals surface area contributed by atoms with Crippen LogP contribution >= 0.6 is 59.4 Å². The Hall–Kier alpha value is -0.360. The molecule has 0 bridgehead atoms. The molecule has 0 spiro atoms. The van der Waals surface area contributed by atoms with E-state index in [2.05, 4.69) is 53.1 Å². The van der Waals surface area contributed by atoms with Crippen molar-refractivity contribution >= 4 is 71.0 Å². The van der Waals surface area contributed by atoms with Crippen LogP contribution in [0.4, 0.5) is 5.69 Å². The number of benzene rings is 2. The SMILES string of the molecule is O=C(Nc1cc(Br)ccc1Br)c1cc(Cl)cc(Br)c1. The first-order chi connectivity index (χ1) is 8.95. The van der Waals surface area contributed by atoms with Gasteiger partial charge in [0.1, 0.15) is 0 Å². The third-order valence-corrected chi connectivity index (χ3v) is 4.16. The van der Waals surface area contributed by atoms with E-state index in [1.54, 1.807) is 18.2 Å². The monoisotopic (exact) mass is 465 g/mol. The van der Waals surface area contributed by atoms with Crippen molar-refractivity contribution in [2.75, 3.05) is 5.32 Å². The number of nitrogens with one attached hydrogen (secondary N) is 1. The van der Waals surface area contributed by atoms with Gasteiger partial charge in [-0.15, -0.1) is 0 Å². The van der Waals surface area contributed by atoms with Crippen LogP contribution in [0.5, 0.6) is 0 Å². The van der Waals surface area contributed by atoms with E-state index in [4.69, 9.17) is 11.6 Å². The second-order valence-corrected chi connectivity index (χ2v) is 6.86. The number of hydrogen-bond acceptors (Lipinski definition) is 1. The molecule has 0 atom stereocenters. The molecule has 1 amide bonds. The fourth-order valence-electron chi connectivity index (χ4n) is 1.47. The van der Waals surface area contributed by atoms with Crippen LogP contribution < -0.4 is 5.32 Å². The van der Waals surface area contributed by atoms with Gasteiger partial charge in [-0.2, -0.15) is 0 Å². The summed E-state index contributed by atoms with van der Waals surface area (Å²) < 4.78 is 2.46. The van der Waals surface area contributed by atoms with Gasteiger partial charge in [0.25, 0.3) is 5.91 Å². The Labute approximate surface area is 140 Å². The van der Waals surface area contributed by atoms with Gasteiger partial charge in [-0.25, -0.2) is 0 Å². The van der Waals surface area contributed by atoms with Gasteiger partial charge >= 0.3 is 0 Å². The zero-order chi connectivity index (χ0) is 14.0. The van der Waals surface area contributed by atoms with E-state index in [-0.39, 0.29) is 5.91 Å². The average Bonchev–Trinajstić information content (AvgIpc) is 2.32. The fourth-order valence-corrected chi connectivity index (χ4v) is 3.04. The minimum Gasteiger partial charge on any atom is -0.321 e. The third-order valence-electron chi connectivity index (χ3n) is 2.30.